The lowest BCUT2D eigenvalue weighted by Gasteiger charge is -2.06. The molecule has 1 aromatic heterocycles. The van der Waals surface area contributed by atoms with Crippen molar-refractivity contribution >= 4 is 15.9 Å². The summed E-state index contributed by atoms with van der Waals surface area (Å²) in [6, 6.07) is 6.24. The van der Waals surface area contributed by atoms with Crippen LogP contribution in [0.4, 0.5) is 0 Å². The van der Waals surface area contributed by atoms with Crippen molar-refractivity contribution in [3.8, 4) is 5.69 Å². The summed E-state index contributed by atoms with van der Waals surface area (Å²) >= 11 is 3.56. The van der Waals surface area contributed by atoms with E-state index in [0.717, 1.165) is 22.1 Å². The maximum atomic E-state index is 5.53. The van der Waals surface area contributed by atoms with Gasteiger partial charge in [-0.15, -0.1) is 0 Å². The van der Waals surface area contributed by atoms with E-state index in [4.69, 9.17) is 5.73 Å². The molecule has 0 bridgehead atoms. The molecule has 0 fully saturated rings. The zero-order valence-corrected chi connectivity index (χ0v) is 10.7. The molecule has 84 valence electrons. The van der Waals surface area contributed by atoms with E-state index < -0.39 is 0 Å². The molecule has 0 saturated carbocycles. The standard InChI is InChI=1S/C12H14BrN3/c1-9-7-15-16(8-9)12-3-2-10(4-5-14)6-11(12)13/h2-3,6-8H,4-5,14H2,1H3. The van der Waals surface area contributed by atoms with Crippen LogP contribution in [-0.2, 0) is 6.42 Å². The smallest absolute Gasteiger partial charge is 0.0787 e. The molecule has 0 spiro atoms. The average Bonchev–Trinajstić information content (AvgIpc) is 2.65. The fraction of sp³-hybridized carbons (Fsp3) is 0.250. The second-order valence-electron chi connectivity index (χ2n) is 3.79. The van der Waals surface area contributed by atoms with Crippen molar-refractivity contribution in [2.75, 3.05) is 6.54 Å². The maximum absolute atomic E-state index is 5.53. The highest BCUT2D eigenvalue weighted by Crippen LogP contribution is 2.22. The van der Waals surface area contributed by atoms with Crippen LogP contribution in [0.3, 0.4) is 0 Å². The van der Waals surface area contributed by atoms with Crippen molar-refractivity contribution in [1.29, 1.82) is 0 Å². The summed E-state index contributed by atoms with van der Waals surface area (Å²) in [5.74, 6) is 0. The van der Waals surface area contributed by atoms with Gasteiger partial charge < -0.3 is 5.73 Å². The Bertz CT molecular complexity index is 491. The molecule has 0 aliphatic rings. The van der Waals surface area contributed by atoms with E-state index in [9.17, 15) is 0 Å². The van der Waals surface area contributed by atoms with Crippen LogP contribution >= 0.6 is 15.9 Å². The third kappa shape index (κ3) is 2.33. The van der Waals surface area contributed by atoms with E-state index >= 15 is 0 Å². The third-order valence-corrected chi connectivity index (χ3v) is 3.04. The van der Waals surface area contributed by atoms with Gasteiger partial charge in [0.25, 0.3) is 0 Å². The molecule has 0 unspecified atom stereocenters. The highest BCUT2D eigenvalue weighted by molar-refractivity contribution is 9.10. The van der Waals surface area contributed by atoms with Gasteiger partial charge in [0.05, 0.1) is 11.9 Å². The van der Waals surface area contributed by atoms with Gasteiger partial charge >= 0.3 is 0 Å². The summed E-state index contributed by atoms with van der Waals surface area (Å²) in [4.78, 5) is 0. The first-order valence-corrected chi connectivity index (χ1v) is 6.00. The van der Waals surface area contributed by atoms with E-state index in [1.807, 2.05) is 24.0 Å². The first-order valence-electron chi connectivity index (χ1n) is 5.21. The average molecular weight is 280 g/mol. The summed E-state index contributed by atoms with van der Waals surface area (Å²) in [6.07, 6.45) is 4.75. The summed E-state index contributed by atoms with van der Waals surface area (Å²) in [5, 5.41) is 4.28. The van der Waals surface area contributed by atoms with Gasteiger partial charge in [-0.3, -0.25) is 0 Å². The first kappa shape index (κ1) is 11.4. The molecule has 1 aromatic carbocycles. The normalized spacial score (nSPS) is 10.7. The van der Waals surface area contributed by atoms with Gasteiger partial charge in [0.1, 0.15) is 0 Å². The fourth-order valence-corrected chi connectivity index (χ4v) is 2.21. The molecule has 0 radical (unpaired) electrons. The van der Waals surface area contributed by atoms with E-state index in [1.165, 1.54) is 5.56 Å². The minimum atomic E-state index is 0.673. The summed E-state index contributed by atoms with van der Waals surface area (Å²) in [7, 11) is 0. The van der Waals surface area contributed by atoms with Crippen LogP contribution in [0.1, 0.15) is 11.1 Å². The Labute approximate surface area is 103 Å². The van der Waals surface area contributed by atoms with Gasteiger partial charge in [0.2, 0.25) is 0 Å². The number of hydrogen-bond donors (Lipinski definition) is 1. The number of nitrogens with two attached hydrogens (primary N) is 1. The van der Waals surface area contributed by atoms with Crippen LogP contribution in [0.25, 0.3) is 5.69 Å². The van der Waals surface area contributed by atoms with E-state index in [2.05, 4.69) is 39.2 Å². The van der Waals surface area contributed by atoms with Gasteiger partial charge in [-0.25, -0.2) is 4.68 Å². The number of aromatic nitrogens is 2. The van der Waals surface area contributed by atoms with Crippen molar-refractivity contribution in [2.45, 2.75) is 13.3 Å². The topological polar surface area (TPSA) is 43.8 Å². The molecule has 2 aromatic rings. The summed E-state index contributed by atoms with van der Waals surface area (Å²) in [5.41, 5.74) is 8.97. The predicted octanol–water partition coefficient (Wildman–Crippen LogP) is 2.44. The molecule has 0 aliphatic heterocycles. The Morgan fingerprint density at radius 3 is 2.81 bits per heavy atom. The van der Waals surface area contributed by atoms with Gasteiger partial charge in [0.15, 0.2) is 0 Å². The zero-order valence-electron chi connectivity index (χ0n) is 9.15. The SMILES string of the molecule is Cc1cnn(-c2ccc(CCN)cc2Br)c1. The third-order valence-electron chi connectivity index (χ3n) is 2.40. The molecule has 2 N–H and O–H groups in total. The minimum Gasteiger partial charge on any atom is -0.330 e. The minimum absolute atomic E-state index is 0.673. The molecule has 0 aliphatic carbocycles. The van der Waals surface area contributed by atoms with Gasteiger partial charge in [-0.2, -0.15) is 5.10 Å². The molecule has 1 heterocycles. The summed E-state index contributed by atoms with van der Waals surface area (Å²) < 4.78 is 2.91. The Balaban J connectivity index is 2.36. The van der Waals surface area contributed by atoms with E-state index in [-0.39, 0.29) is 0 Å². The van der Waals surface area contributed by atoms with Crippen molar-refractivity contribution in [3.05, 3.63) is 46.2 Å². The maximum Gasteiger partial charge on any atom is 0.0787 e. The predicted molar refractivity (Wildman–Crippen MR) is 68.8 cm³/mol. The lowest BCUT2D eigenvalue weighted by molar-refractivity contribution is 0.872. The number of aryl methyl sites for hydroxylation is 1. The highest BCUT2D eigenvalue weighted by Gasteiger charge is 2.04. The number of nitrogens with zero attached hydrogens (tertiary/aromatic N) is 2. The largest absolute Gasteiger partial charge is 0.330 e. The van der Waals surface area contributed by atoms with Gasteiger partial charge in [-0.05, 0) is 59.1 Å². The number of hydrogen-bond acceptors (Lipinski definition) is 2. The van der Waals surface area contributed by atoms with E-state index in [0.29, 0.717) is 6.54 Å². The lowest BCUT2D eigenvalue weighted by atomic mass is 10.1. The number of benzene rings is 1. The summed E-state index contributed by atoms with van der Waals surface area (Å²) in [6.45, 7) is 2.70. The van der Waals surface area contributed by atoms with Gasteiger partial charge in [0, 0.05) is 10.7 Å². The van der Waals surface area contributed by atoms with Crippen LogP contribution in [0, 0.1) is 6.92 Å². The van der Waals surface area contributed by atoms with E-state index in [1.54, 1.807) is 0 Å². The van der Waals surface area contributed by atoms with Crippen molar-refractivity contribution in [1.82, 2.24) is 9.78 Å². The molecule has 3 nitrogen and oxygen atoms in total. The Kier molecular flexibility index (Phi) is 3.41. The lowest BCUT2D eigenvalue weighted by Crippen LogP contribution is -2.03. The number of halogens is 1. The molecule has 0 atom stereocenters. The molecule has 0 amide bonds. The Hall–Kier alpha value is -1.13. The van der Waals surface area contributed by atoms with Crippen LogP contribution in [0.2, 0.25) is 0 Å². The second-order valence-corrected chi connectivity index (χ2v) is 4.64. The quantitative estimate of drug-likeness (QED) is 0.938. The van der Waals surface area contributed by atoms with Crippen LogP contribution in [0.5, 0.6) is 0 Å². The van der Waals surface area contributed by atoms with Crippen molar-refractivity contribution in [2.24, 2.45) is 5.73 Å². The van der Waals surface area contributed by atoms with Crippen molar-refractivity contribution < 1.29 is 0 Å². The van der Waals surface area contributed by atoms with Crippen LogP contribution in [-0.4, -0.2) is 16.3 Å². The molecule has 0 saturated heterocycles. The van der Waals surface area contributed by atoms with Crippen molar-refractivity contribution in [3.63, 3.8) is 0 Å². The Morgan fingerprint density at radius 2 is 2.25 bits per heavy atom. The van der Waals surface area contributed by atoms with Gasteiger partial charge in [-0.1, -0.05) is 6.07 Å². The molecule has 4 heteroatoms. The molecular formula is C12H14BrN3. The monoisotopic (exact) mass is 279 g/mol. The highest BCUT2D eigenvalue weighted by atomic mass is 79.9. The second kappa shape index (κ2) is 4.80. The molecule has 16 heavy (non-hydrogen) atoms. The van der Waals surface area contributed by atoms with Crippen LogP contribution < -0.4 is 5.73 Å². The first-order chi connectivity index (χ1) is 7.70. The molecule has 2 rings (SSSR count). The Morgan fingerprint density at radius 1 is 1.44 bits per heavy atom. The number of rotatable bonds is 3. The fourth-order valence-electron chi connectivity index (χ4n) is 1.60. The molecular weight excluding hydrogens is 266 g/mol. The zero-order chi connectivity index (χ0) is 11.5. The van der Waals surface area contributed by atoms with Crippen LogP contribution in [0.15, 0.2) is 35.1 Å².